The Morgan fingerprint density at radius 3 is 2.69 bits per heavy atom. The third-order valence-electron chi connectivity index (χ3n) is 4.42. The second-order valence-electron chi connectivity index (χ2n) is 6.58. The summed E-state index contributed by atoms with van der Waals surface area (Å²) in [6, 6.07) is 5.16. The minimum atomic E-state index is -4.51. The predicted octanol–water partition coefficient (Wildman–Crippen LogP) is 4.37. The van der Waals surface area contributed by atoms with Crippen molar-refractivity contribution in [2.24, 2.45) is 0 Å². The van der Waals surface area contributed by atoms with E-state index in [4.69, 9.17) is 9.15 Å². The van der Waals surface area contributed by atoms with Crippen LogP contribution < -0.4 is 10.1 Å². The zero-order valence-electron chi connectivity index (χ0n) is 15.9. The first-order valence-electron chi connectivity index (χ1n) is 8.72. The van der Waals surface area contributed by atoms with Gasteiger partial charge < -0.3 is 19.0 Å². The zero-order chi connectivity index (χ0) is 20.8. The first kappa shape index (κ1) is 18.9. The van der Waals surface area contributed by atoms with E-state index in [1.54, 1.807) is 44.4 Å². The molecule has 1 aliphatic heterocycles. The van der Waals surface area contributed by atoms with Crippen molar-refractivity contribution < 1.29 is 22.3 Å². The van der Waals surface area contributed by atoms with Gasteiger partial charge in [0.15, 0.2) is 17.5 Å². The molecule has 0 bridgehead atoms. The Hall–Kier alpha value is -3.43. The van der Waals surface area contributed by atoms with Gasteiger partial charge in [-0.3, -0.25) is 4.90 Å². The van der Waals surface area contributed by atoms with Crippen molar-refractivity contribution in [3.63, 3.8) is 0 Å². The Kier molecular flexibility index (Phi) is 4.48. The van der Waals surface area contributed by atoms with E-state index in [0.717, 1.165) is 6.20 Å². The number of nitrogens with one attached hydrogen (secondary N) is 1. The van der Waals surface area contributed by atoms with Crippen LogP contribution in [0, 0.1) is 13.8 Å². The molecule has 2 aromatic heterocycles. The van der Waals surface area contributed by atoms with Crippen LogP contribution >= 0.6 is 0 Å². The lowest BCUT2D eigenvalue weighted by molar-refractivity contribution is -0.237. The van der Waals surface area contributed by atoms with Gasteiger partial charge in [-0.05, 0) is 19.1 Å². The Bertz CT molecular complexity index is 1080. The number of rotatable bonds is 4. The Morgan fingerprint density at radius 2 is 2.03 bits per heavy atom. The summed E-state index contributed by atoms with van der Waals surface area (Å²) in [7, 11) is 1.51. The van der Waals surface area contributed by atoms with Crippen molar-refractivity contribution >= 4 is 11.4 Å². The highest BCUT2D eigenvalue weighted by atomic mass is 19.4. The molecule has 0 aliphatic carbocycles. The van der Waals surface area contributed by atoms with E-state index < -0.39 is 6.30 Å². The van der Waals surface area contributed by atoms with E-state index in [2.05, 4.69) is 15.3 Å². The quantitative estimate of drug-likeness (QED) is 0.651. The summed E-state index contributed by atoms with van der Waals surface area (Å²) in [5.74, 6) is 1.98. The number of anilines is 1. The van der Waals surface area contributed by atoms with E-state index in [1.807, 2.05) is 0 Å². The molecule has 1 aromatic carbocycles. The highest BCUT2D eigenvalue weighted by Gasteiger charge is 2.38. The summed E-state index contributed by atoms with van der Waals surface area (Å²) in [5, 5.41) is 3.02. The van der Waals surface area contributed by atoms with E-state index >= 15 is 0 Å². The molecule has 152 valence electrons. The second kappa shape index (κ2) is 6.87. The largest absolute Gasteiger partial charge is 0.496 e. The number of methoxy groups -OCH3 is 1. The molecule has 1 aliphatic rings. The number of aromatic nitrogens is 3. The van der Waals surface area contributed by atoms with Gasteiger partial charge in [-0.1, -0.05) is 0 Å². The van der Waals surface area contributed by atoms with Crippen molar-refractivity contribution in [3.8, 4) is 17.1 Å². The Balaban J connectivity index is 1.69. The van der Waals surface area contributed by atoms with Crippen LogP contribution in [0.25, 0.3) is 17.0 Å². The van der Waals surface area contributed by atoms with Gasteiger partial charge in [0.1, 0.15) is 12.4 Å². The molecule has 0 radical (unpaired) electrons. The summed E-state index contributed by atoms with van der Waals surface area (Å²) in [4.78, 5) is 8.71. The number of fused-ring (bicyclic) bond motifs is 1. The van der Waals surface area contributed by atoms with Crippen LogP contribution in [-0.4, -0.2) is 32.8 Å². The summed E-state index contributed by atoms with van der Waals surface area (Å²) < 4.78 is 52.3. The summed E-state index contributed by atoms with van der Waals surface area (Å²) in [6.07, 6.45) is -0.320. The maximum atomic E-state index is 13.3. The van der Waals surface area contributed by atoms with Crippen LogP contribution in [-0.2, 0) is 6.67 Å². The molecule has 0 saturated carbocycles. The average molecular weight is 405 g/mol. The minimum absolute atomic E-state index is 0.229. The number of alkyl halides is 3. The van der Waals surface area contributed by atoms with Gasteiger partial charge in [-0.2, -0.15) is 13.2 Å². The van der Waals surface area contributed by atoms with E-state index in [1.165, 1.54) is 11.7 Å². The molecular weight excluding hydrogens is 387 g/mol. The highest BCUT2D eigenvalue weighted by Crippen LogP contribution is 2.35. The number of nitrogens with zero attached hydrogens (tertiary/aromatic N) is 4. The first-order valence-corrected chi connectivity index (χ1v) is 8.72. The number of ether oxygens (including phenoxy) is 1. The molecule has 29 heavy (non-hydrogen) atoms. The van der Waals surface area contributed by atoms with Gasteiger partial charge in [-0.25, -0.2) is 9.97 Å². The summed E-state index contributed by atoms with van der Waals surface area (Å²) in [5.41, 5.74) is 2.09. The fourth-order valence-corrected chi connectivity index (χ4v) is 3.14. The number of oxazole rings is 1. The molecule has 1 N–H and O–H groups in total. The number of hydrogen-bond acceptors (Lipinski definition) is 6. The van der Waals surface area contributed by atoms with Crippen molar-refractivity contribution in [1.29, 1.82) is 0 Å². The van der Waals surface area contributed by atoms with Gasteiger partial charge in [0.25, 0.3) is 0 Å². The van der Waals surface area contributed by atoms with Crippen LogP contribution in [0.4, 0.5) is 18.9 Å². The number of aryl methyl sites for hydroxylation is 2. The monoisotopic (exact) mass is 405 g/mol. The molecule has 7 nitrogen and oxygen atoms in total. The van der Waals surface area contributed by atoms with Gasteiger partial charge in [-0.15, -0.1) is 0 Å². The Labute approximate surface area is 164 Å². The van der Waals surface area contributed by atoms with E-state index in [0.29, 0.717) is 45.1 Å². The lowest BCUT2D eigenvalue weighted by Gasteiger charge is -2.29. The van der Waals surface area contributed by atoms with Crippen molar-refractivity contribution in [1.82, 2.24) is 19.4 Å². The van der Waals surface area contributed by atoms with Crippen molar-refractivity contribution in [3.05, 3.63) is 54.2 Å². The molecule has 0 amide bonds. The molecule has 0 fully saturated rings. The van der Waals surface area contributed by atoms with Crippen molar-refractivity contribution in [2.45, 2.75) is 26.8 Å². The molecule has 3 aromatic rings. The number of halogens is 3. The average Bonchev–Trinajstić information content (AvgIpc) is 3.25. The SMILES string of the molecule is COc1cc(NC2=CN(C(F)(F)F)Cn3cc(C)nc32)ccc1-c1cnc(C)o1. The van der Waals surface area contributed by atoms with Crippen LogP contribution in [0.5, 0.6) is 5.75 Å². The van der Waals surface area contributed by atoms with E-state index in [-0.39, 0.29) is 12.4 Å². The van der Waals surface area contributed by atoms with Gasteiger partial charge in [0, 0.05) is 31.1 Å². The van der Waals surface area contributed by atoms with Crippen LogP contribution in [0.3, 0.4) is 0 Å². The van der Waals surface area contributed by atoms with Gasteiger partial charge in [0.05, 0.1) is 30.3 Å². The first-order chi connectivity index (χ1) is 13.7. The molecular formula is C19H18F3N5O2. The summed E-state index contributed by atoms with van der Waals surface area (Å²) in [6.45, 7) is 3.12. The third kappa shape index (κ3) is 3.65. The normalized spacial score (nSPS) is 13.9. The molecule has 0 saturated heterocycles. The van der Waals surface area contributed by atoms with Crippen molar-refractivity contribution in [2.75, 3.05) is 12.4 Å². The zero-order valence-corrected chi connectivity index (χ0v) is 15.9. The second-order valence-corrected chi connectivity index (χ2v) is 6.58. The van der Waals surface area contributed by atoms with Crippen LogP contribution in [0.1, 0.15) is 17.4 Å². The van der Waals surface area contributed by atoms with Crippen LogP contribution in [0.2, 0.25) is 0 Å². The predicted molar refractivity (Wildman–Crippen MR) is 99.7 cm³/mol. The van der Waals surface area contributed by atoms with Gasteiger partial charge in [0.2, 0.25) is 0 Å². The molecule has 3 heterocycles. The van der Waals surface area contributed by atoms with Gasteiger partial charge >= 0.3 is 6.30 Å². The molecule has 10 heteroatoms. The summed E-state index contributed by atoms with van der Waals surface area (Å²) >= 11 is 0. The third-order valence-corrected chi connectivity index (χ3v) is 4.42. The number of imidazole rings is 1. The molecule has 0 spiro atoms. The smallest absolute Gasteiger partial charge is 0.485 e. The maximum absolute atomic E-state index is 13.3. The van der Waals surface area contributed by atoms with E-state index in [9.17, 15) is 13.2 Å². The number of benzene rings is 1. The standard InChI is InChI=1S/C19H18F3N5O2/c1-11-8-26-10-27(19(20,21)22)9-15(18(26)24-11)25-13-4-5-14(16(6-13)28-3)17-7-23-12(2)29-17/h4-9,25H,10H2,1-3H3. The number of hydrogen-bond donors (Lipinski definition) is 1. The minimum Gasteiger partial charge on any atom is -0.496 e. The van der Waals surface area contributed by atoms with Crippen LogP contribution in [0.15, 0.2) is 41.2 Å². The fraction of sp³-hybridized carbons (Fsp3) is 0.263. The Morgan fingerprint density at radius 1 is 1.24 bits per heavy atom. The molecule has 4 rings (SSSR count). The lowest BCUT2D eigenvalue weighted by atomic mass is 10.1. The lowest BCUT2D eigenvalue weighted by Crippen LogP contribution is -2.38. The fourth-order valence-electron chi connectivity index (χ4n) is 3.14. The topological polar surface area (TPSA) is 68.3 Å². The molecule has 0 atom stereocenters. The molecule has 0 unspecified atom stereocenters. The highest BCUT2D eigenvalue weighted by molar-refractivity contribution is 5.77. The maximum Gasteiger partial charge on any atom is 0.485 e.